The summed E-state index contributed by atoms with van der Waals surface area (Å²) in [5, 5.41) is 3.06. The zero-order valence-electron chi connectivity index (χ0n) is 25.1. The molecule has 0 aromatic heterocycles. The van der Waals surface area contributed by atoms with Gasteiger partial charge in [-0.3, -0.25) is 19.2 Å². The molecule has 0 bridgehead atoms. The normalized spacial score (nSPS) is 12.6. The summed E-state index contributed by atoms with van der Waals surface area (Å²) in [5.41, 5.74) is 0.0824. The molecule has 1 N–H and O–H groups in total. The number of carbonyl (C=O) groups excluding carboxylic acids is 4. The van der Waals surface area contributed by atoms with Gasteiger partial charge in [0.25, 0.3) is 0 Å². The van der Waals surface area contributed by atoms with E-state index in [1.807, 2.05) is 55.4 Å². The van der Waals surface area contributed by atoms with Crippen LogP contribution in [0.15, 0.2) is 18.2 Å². The van der Waals surface area contributed by atoms with Gasteiger partial charge in [-0.1, -0.05) is 61.5 Å². The van der Waals surface area contributed by atoms with E-state index in [-0.39, 0.29) is 60.7 Å². The van der Waals surface area contributed by atoms with Gasteiger partial charge in [0.05, 0.1) is 20.0 Å². The van der Waals surface area contributed by atoms with Crippen LogP contribution in [0.4, 0.5) is 0 Å². The van der Waals surface area contributed by atoms with Gasteiger partial charge in [-0.25, -0.2) is 0 Å². The molecule has 0 amide bonds. The van der Waals surface area contributed by atoms with Crippen LogP contribution in [-0.2, 0) is 35.1 Å². The third-order valence-corrected chi connectivity index (χ3v) is 5.41. The van der Waals surface area contributed by atoms with E-state index in [9.17, 15) is 19.2 Å². The fourth-order valence-electron chi connectivity index (χ4n) is 3.52. The molecule has 1 aromatic rings. The predicted molar refractivity (Wildman–Crippen MR) is 148 cm³/mol. The van der Waals surface area contributed by atoms with Gasteiger partial charge in [0, 0.05) is 13.0 Å². The first-order valence-corrected chi connectivity index (χ1v) is 13.5. The van der Waals surface area contributed by atoms with E-state index in [0.29, 0.717) is 17.9 Å². The smallest absolute Gasteiger partial charge is 0.323 e. The van der Waals surface area contributed by atoms with Crippen LogP contribution in [0.1, 0.15) is 86.6 Å². The SMILES string of the molecule is COC(=O)[C@H](Cc1ccc(OC(=O)CC(C)(C)C)c(OC(=O)CC(C)(C)C)c1)NCCOC(=O)CCC(C)C. The van der Waals surface area contributed by atoms with Crippen LogP contribution >= 0.6 is 0 Å². The average Bonchev–Trinajstić information content (AvgIpc) is 2.78. The van der Waals surface area contributed by atoms with Crippen molar-refractivity contribution in [3.63, 3.8) is 0 Å². The van der Waals surface area contributed by atoms with Crippen LogP contribution < -0.4 is 14.8 Å². The van der Waals surface area contributed by atoms with Gasteiger partial charge in [0.15, 0.2) is 11.5 Å². The summed E-state index contributed by atoms with van der Waals surface area (Å²) >= 11 is 0. The molecule has 0 aliphatic carbocycles. The maximum absolute atomic E-state index is 12.6. The minimum atomic E-state index is -0.739. The van der Waals surface area contributed by atoms with Gasteiger partial charge in [-0.15, -0.1) is 0 Å². The van der Waals surface area contributed by atoms with E-state index in [4.69, 9.17) is 18.9 Å². The number of hydrogen-bond acceptors (Lipinski definition) is 9. The van der Waals surface area contributed by atoms with Crippen LogP contribution in [0.25, 0.3) is 0 Å². The number of carbonyl (C=O) groups is 4. The molecular weight excluding hydrogens is 502 g/mol. The number of rotatable bonds is 14. The summed E-state index contributed by atoms with van der Waals surface area (Å²) in [7, 11) is 1.29. The number of esters is 4. The van der Waals surface area contributed by atoms with Crippen molar-refractivity contribution in [1.29, 1.82) is 0 Å². The molecule has 0 saturated heterocycles. The quantitative estimate of drug-likeness (QED) is 0.194. The van der Waals surface area contributed by atoms with E-state index in [0.717, 1.165) is 6.42 Å². The molecule has 0 heterocycles. The zero-order valence-corrected chi connectivity index (χ0v) is 25.1. The molecule has 1 atom stereocenters. The van der Waals surface area contributed by atoms with E-state index in [1.165, 1.54) is 7.11 Å². The number of hydrogen-bond donors (Lipinski definition) is 1. The number of nitrogens with one attached hydrogen (secondary N) is 1. The van der Waals surface area contributed by atoms with Gasteiger partial charge in [0.1, 0.15) is 12.6 Å². The summed E-state index contributed by atoms with van der Waals surface area (Å²) in [4.78, 5) is 49.4. The molecule has 9 nitrogen and oxygen atoms in total. The predicted octanol–water partition coefficient (Wildman–Crippen LogP) is 5.02. The van der Waals surface area contributed by atoms with Gasteiger partial charge in [-0.05, 0) is 47.3 Å². The molecule has 1 aromatic carbocycles. The lowest BCUT2D eigenvalue weighted by molar-refractivity contribution is -0.144. The van der Waals surface area contributed by atoms with Gasteiger partial charge in [0.2, 0.25) is 0 Å². The lowest BCUT2D eigenvalue weighted by atomic mass is 9.92. The van der Waals surface area contributed by atoms with Gasteiger partial charge < -0.3 is 24.3 Å². The Kier molecular flexibility index (Phi) is 13.6. The van der Waals surface area contributed by atoms with Crippen molar-refractivity contribution >= 4 is 23.9 Å². The molecule has 9 heteroatoms. The van der Waals surface area contributed by atoms with Crippen LogP contribution in [0.5, 0.6) is 11.5 Å². The van der Waals surface area contributed by atoms with E-state index < -0.39 is 23.9 Å². The Hall–Kier alpha value is -2.94. The Morgan fingerprint density at radius 2 is 1.41 bits per heavy atom. The Labute approximate surface area is 233 Å². The summed E-state index contributed by atoms with van der Waals surface area (Å²) in [6.07, 6.45) is 1.64. The average molecular weight is 550 g/mol. The highest BCUT2D eigenvalue weighted by molar-refractivity contribution is 5.78. The highest BCUT2D eigenvalue weighted by Gasteiger charge is 2.24. The molecule has 0 unspecified atom stereocenters. The van der Waals surface area contributed by atoms with Crippen LogP contribution in [-0.4, -0.2) is 50.2 Å². The topological polar surface area (TPSA) is 117 Å². The van der Waals surface area contributed by atoms with Crippen molar-refractivity contribution < 1.29 is 38.1 Å². The molecule has 0 saturated carbocycles. The molecule has 0 fully saturated rings. The molecule has 0 radical (unpaired) electrons. The van der Waals surface area contributed by atoms with Crippen LogP contribution in [0, 0.1) is 16.7 Å². The molecule has 220 valence electrons. The number of ether oxygens (including phenoxy) is 4. The van der Waals surface area contributed by atoms with Gasteiger partial charge >= 0.3 is 23.9 Å². The summed E-state index contributed by atoms with van der Waals surface area (Å²) < 4.78 is 21.3. The minimum absolute atomic E-state index is 0.103. The number of methoxy groups -OCH3 is 1. The Balaban J connectivity index is 3.02. The highest BCUT2D eigenvalue weighted by Crippen LogP contribution is 2.32. The number of benzene rings is 1. The third-order valence-electron chi connectivity index (χ3n) is 5.41. The molecule has 0 spiro atoms. The first-order chi connectivity index (χ1) is 18.0. The maximum Gasteiger partial charge on any atom is 0.323 e. The van der Waals surface area contributed by atoms with Crippen molar-refractivity contribution in [2.75, 3.05) is 20.3 Å². The largest absolute Gasteiger partial charge is 0.468 e. The van der Waals surface area contributed by atoms with Crippen molar-refractivity contribution in [3.8, 4) is 11.5 Å². The first kappa shape index (κ1) is 34.1. The van der Waals surface area contributed by atoms with E-state index in [2.05, 4.69) is 5.32 Å². The second kappa shape index (κ2) is 15.6. The molecule has 39 heavy (non-hydrogen) atoms. The Morgan fingerprint density at radius 3 is 1.92 bits per heavy atom. The first-order valence-electron chi connectivity index (χ1n) is 13.5. The highest BCUT2D eigenvalue weighted by atomic mass is 16.6. The molecular formula is C30H47NO8. The standard InChI is InChI=1S/C30H47NO8/c1-20(2)10-13-25(32)37-15-14-31-22(28(35)36-9)16-21-11-12-23(38-26(33)18-29(3,4)5)24(17-21)39-27(34)19-30(6,7)8/h11-12,17,20,22,31H,10,13-16,18-19H2,1-9H3/t22-/m0/s1. The second-order valence-corrected chi connectivity index (χ2v) is 12.6. The molecule has 0 aliphatic rings. The van der Waals surface area contributed by atoms with E-state index in [1.54, 1.807) is 18.2 Å². The molecule has 1 rings (SSSR count). The summed E-state index contributed by atoms with van der Waals surface area (Å²) in [5.74, 6) is -1.04. The lowest BCUT2D eigenvalue weighted by Crippen LogP contribution is -2.41. The minimum Gasteiger partial charge on any atom is -0.468 e. The monoisotopic (exact) mass is 549 g/mol. The Morgan fingerprint density at radius 1 is 0.846 bits per heavy atom. The van der Waals surface area contributed by atoms with Crippen LogP contribution in [0.2, 0.25) is 0 Å². The maximum atomic E-state index is 12.6. The van der Waals surface area contributed by atoms with Crippen molar-refractivity contribution in [2.45, 2.75) is 93.5 Å². The third kappa shape index (κ3) is 15.3. The van der Waals surface area contributed by atoms with Crippen molar-refractivity contribution in [3.05, 3.63) is 23.8 Å². The van der Waals surface area contributed by atoms with E-state index >= 15 is 0 Å². The fraction of sp³-hybridized carbons (Fsp3) is 0.667. The summed E-state index contributed by atoms with van der Waals surface area (Å²) in [6.45, 7) is 16.0. The second-order valence-electron chi connectivity index (χ2n) is 12.6. The fourth-order valence-corrected chi connectivity index (χ4v) is 3.52. The van der Waals surface area contributed by atoms with Crippen LogP contribution in [0.3, 0.4) is 0 Å². The Bertz CT molecular complexity index is 972. The lowest BCUT2D eigenvalue weighted by Gasteiger charge is -2.20. The van der Waals surface area contributed by atoms with Gasteiger partial charge in [-0.2, -0.15) is 0 Å². The zero-order chi connectivity index (χ0) is 29.8. The van der Waals surface area contributed by atoms with Crippen molar-refractivity contribution in [2.24, 2.45) is 16.7 Å². The molecule has 0 aliphatic heterocycles. The van der Waals surface area contributed by atoms with Crippen molar-refractivity contribution in [1.82, 2.24) is 5.32 Å². The summed E-state index contributed by atoms with van der Waals surface area (Å²) in [6, 6.07) is 4.10.